The zero-order chi connectivity index (χ0) is 19.4. The quantitative estimate of drug-likeness (QED) is 0.738. The highest BCUT2D eigenvalue weighted by Crippen LogP contribution is 2.20. The van der Waals surface area contributed by atoms with Crippen molar-refractivity contribution in [3.63, 3.8) is 0 Å². The lowest BCUT2D eigenvalue weighted by Crippen LogP contribution is -2.38. The minimum absolute atomic E-state index is 0.0192. The fourth-order valence-corrected chi connectivity index (χ4v) is 5.58. The number of carbonyl (C=O) groups is 2. The van der Waals surface area contributed by atoms with E-state index in [4.69, 9.17) is 0 Å². The predicted octanol–water partition coefficient (Wildman–Crippen LogP) is 1.78. The van der Waals surface area contributed by atoms with E-state index < -0.39 is 10.0 Å². The van der Waals surface area contributed by atoms with E-state index in [1.54, 1.807) is 34.1 Å². The third-order valence-electron chi connectivity index (χ3n) is 4.91. The van der Waals surface area contributed by atoms with Gasteiger partial charge >= 0.3 is 0 Å². The van der Waals surface area contributed by atoms with Crippen molar-refractivity contribution in [2.75, 3.05) is 45.0 Å². The van der Waals surface area contributed by atoms with Gasteiger partial charge in [-0.25, -0.2) is 8.42 Å². The molecule has 3 rings (SSSR count). The molecule has 0 radical (unpaired) electrons. The smallest absolute Gasteiger partial charge is 0.281 e. The summed E-state index contributed by atoms with van der Waals surface area (Å²) in [6.07, 6.45) is 0.895. The van der Waals surface area contributed by atoms with Gasteiger partial charge in [-0.3, -0.25) is 9.59 Å². The first-order chi connectivity index (χ1) is 12.9. The molecular weight excluding hydrogens is 386 g/mol. The van der Waals surface area contributed by atoms with Crippen molar-refractivity contribution < 1.29 is 18.0 Å². The Morgan fingerprint density at radius 1 is 1.07 bits per heavy atom. The van der Waals surface area contributed by atoms with E-state index >= 15 is 0 Å². The van der Waals surface area contributed by atoms with Crippen LogP contribution in [-0.4, -0.2) is 78.7 Å². The summed E-state index contributed by atoms with van der Waals surface area (Å²) in [6.45, 7) is 4.67. The van der Waals surface area contributed by atoms with E-state index in [2.05, 4.69) is 0 Å². The Morgan fingerprint density at radius 3 is 2.48 bits per heavy atom. The molecule has 0 atom stereocenters. The number of amides is 2. The molecule has 0 spiro atoms. The molecule has 0 N–H and O–H groups in total. The second-order valence-corrected chi connectivity index (χ2v) is 9.79. The molecule has 9 heteroatoms. The molecule has 0 aliphatic carbocycles. The summed E-state index contributed by atoms with van der Waals surface area (Å²) in [5.41, 5.74) is 1.01. The van der Waals surface area contributed by atoms with Crippen molar-refractivity contribution in [1.29, 1.82) is 0 Å². The Kier molecular flexibility index (Phi) is 6.44. The summed E-state index contributed by atoms with van der Waals surface area (Å²) in [5, 5.41) is 0.0361. The van der Waals surface area contributed by atoms with Crippen molar-refractivity contribution in [2.45, 2.75) is 24.7 Å². The molecule has 2 heterocycles. The molecule has 7 nitrogen and oxygen atoms in total. The average molecular weight is 412 g/mol. The average Bonchev–Trinajstić information content (AvgIpc) is 2.90. The minimum Gasteiger partial charge on any atom is -0.341 e. The molecule has 2 aliphatic rings. The summed E-state index contributed by atoms with van der Waals surface area (Å²) >= 11 is 1.29. The van der Waals surface area contributed by atoms with Crippen LogP contribution in [0.5, 0.6) is 0 Å². The number of aryl methyl sites for hydroxylation is 1. The number of nitrogens with zero attached hydrogens (tertiary/aromatic N) is 3. The first-order valence-corrected chi connectivity index (χ1v) is 11.6. The van der Waals surface area contributed by atoms with E-state index in [9.17, 15) is 18.0 Å². The van der Waals surface area contributed by atoms with Gasteiger partial charge in [-0.05, 0) is 25.5 Å². The molecule has 0 unspecified atom stereocenters. The molecule has 1 aromatic rings. The molecule has 2 aliphatic heterocycles. The normalized spacial score (nSPS) is 19.4. The Morgan fingerprint density at radius 2 is 1.81 bits per heavy atom. The van der Waals surface area contributed by atoms with Crippen molar-refractivity contribution in [1.82, 2.24) is 14.1 Å². The van der Waals surface area contributed by atoms with Gasteiger partial charge < -0.3 is 9.80 Å². The third-order valence-corrected chi connectivity index (χ3v) is 7.71. The van der Waals surface area contributed by atoms with Crippen molar-refractivity contribution in [3.05, 3.63) is 29.8 Å². The minimum atomic E-state index is -3.54. The molecule has 2 saturated heterocycles. The number of benzene rings is 1. The van der Waals surface area contributed by atoms with Gasteiger partial charge in [0.2, 0.25) is 15.9 Å². The van der Waals surface area contributed by atoms with Crippen molar-refractivity contribution in [3.8, 4) is 0 Å². The number of carbonyl (C=O) groups excluding carboxylic acids is 2. The second-order valence-electron chi connectivity index (χ2n) is 6.80. The molecule has 27 heavy (non-hydrogen) atoms. The highest BCUT2D eigenvalue weighted by molar-refractivity contribution is 8.13. The monoisotopic (exact) mass is 411 g/mol. The van der Waals surface area contributed by atoms with Gasteiger partial charge in [0.15, 0.2) is 0 Å². The highest BCUT2D eigenvalue weighted by atomic mass is 32.2. The molecular formula is C18H25N3O4S2. The van der Waals surface area contributed by atoms with E-state index in [0.717, 1.165) is 11.3 Å². The van der Waals surface area contributed by atoms with Gasteiger partial charge in [0.25, 0.3) is 5.24 Å². The SMILES string of the molecule is Cc1ccc(S(=O)(=O)N2CCCN(C(=O)CCN3CCSC3=O)CC2)cc1. The number of hydrogen-bond acceptors (Lipinski definition) is 5. The first-order valence-electron chi connectivity index (χ1n) is 9.14. The lowest BCUT2D eigenvalue weighted by atomic mass is 10.2. The number of sulfonamides is 1. The van der Waals surface area contributed by atoms with Crippen LogP contribution in [-0.2, 0) is 14.8 Å². The van der Waals surface area contributed by atoms with Gasteiger partial charge in [0.1, 0.15) is 0 Å². The van der Waals surface area contributed by atoms with Crippen molar-refractivity contribution >= 4 is 32.9 Å². The highest BCUT2D eigenvalue weighted by Gasteiger charge is 2.29. The molecule has 1 aromatic carbocycles. The molecule has 0 saturated carbocycles. The second kappa shape index (κ2) is 8.62. The van der Waals surface area contributed by atoms with Crippen LogP contribution in [0, 0.1) is 6.92 Å². The Hall–Kier alpha value is -1.58. The van der Waals surface area contributed by atoms with Crippen LogP contribution in [0.2, 0.25) is 0 Å². The van der Waals surface area contributed by atoms with Crippen LogP contribution < -0.4 is 0 Å². The number of thioether (sulfide) groups is 1. The Labute approximate surface area is 164 Å². The Bertz CT molecular complexity index is 795. The van der Waals surface area contributed by atoms with E-state index in [0.29, 0.717) is 45.7 Å². The summed E-state index contributed by atoms with van der Waals surface area (Å²) < 4.78 is 27.1. The summed E-state index contributed by atoms with van der Waals surface area (Å²) in [7, 11) is -3.54. The van der Waals surface area contributed by atoms with Gasteiger partial charge in [0, 0.05) is 51.4 Å². The van der Waals surface area contributed by atoms with Crippen LogP contribution in [0.1, 0.15) is 18.4 Å². The topological polar surface area (TPSA) is 78.0 Å². The predicted molar refractivity (Wildman–Crippen MR) is 105 cm³/mol. The molecule has 2 amide bonds. The van der Waals surface area contributed by atoms with Crippen LogP contribution >= 0.6 is 11.8 Å². The Balaban J connectivity index is 1.57. The lowest BCUT2D eigenvalue weighted by Gasteiger charge is -2.23. The fourth-order valence-electron chi connectivity index (χ4n) is 3.26. The maximum Gasteiger partial charge on any atom is 0.281 e. The standard InChI is InChI=1S/C18H25N3O4S2/c1-15-3-5-16(6-4-15)27(24,25)21-9-2-8-19(11-12-21)17(22)7-10-20-13-14-26-18(20)23/h3-6H,2,7-14H2,1H3. The molecule has 0 bridgehead atoms. The summed E-state index contributed by atoms with van der Waals surface area (Å²) in [5.74, 6) is 0.761. The van der Waals surface area contributed by atoms with E-state index in [-0.39, 0.29) is 22.5 Å². The van der Waals surface area contributed by atoms with Gasteiger partial charge in [0.05, 0.1) is 4.90 Å². The fraction of sp³-hybridized carbons (Fsp3) is 0.556. The number of hydrogen-bond donors (Lipinski definition) is 0. The zero-order valence-corrected chi connectivity index (χ0v) is 17.1. The number of rotatable bonds is 5. The molecule has 148 valence electrons. The maximum atomic E-state index is 12.8. The van der Waals surface area contributed by atoms with Crippen LogP contribution in [0.3, 0.4) is 0 Å². The molecule has 0 aromatic heterocycles. The maximum absolute atomic E-state index is 12.8. The first kappa shape index (κ1) is 20.2. The van der Waals surface area contributed by atoms with Crippen LogP contribution in [0.15, 0.2) is 29.2 Å². The zero-order valence-electron chi connectivity index (χ0n) is 15.5. The van der Waals surface area contributed by atoms with Gasteiger partial charge in [-0.15, -0.1) is 0 Å². The summed E-state index contributed by atoms with van der Waals surface area (Å²) in [6, 6.07) is 6.84. The van der Waals surface area contributed by atoms with Crippen molar-refractivity contribution in [2.24, 2.45) is 0 Å². The largest absolute Gasteiger partial charge is 0.341 e. The summed E-state index contributed by atoms with van der Waals surface area (Å²) in [4.78, 5) is 27.8. The van der Waals surface area contributed by atoms with E-state index in [1.165, 1.54) is 16.1 Å². The van der Waals surface area contributed by atoms with E-state index in [1.807, 2.05) is 6.92 Å². The van der Waals surface area contributed by atoms with Crippen LogP contribution in [0.25, 0.3) is 0 Å². The third kappa shape index (κ3) is 4.83. The lowest BCUT2D eigenvalue weighted by molar-refractivity contribution is -0.131. The van der Waals surface area contributed by atoms with Gasteiger partial charge in [-0.1, -0.05) is 29.5 Å². The van der Waals surface area contributed by atoms with Crippen LogP contribution in [0.4, 0.5) is 4.79 Å². The molecule has 2 fully saturated rings. The van der Waals surface area contributed by atoms with Gasteiger partial charge in [-0.2, -0.15) is 4.31 Å².